The third-order valence-electron chi connectivity index (χ3n) is 4.79. The lowest BCUT2D eigenvalue weighted by Gasteiger charge is -2.25. The monoisotopic (exact) mass is 392 g/mol. The number of aromatic nitrogens is 2. The van der Waals surface area contributed by atoms with Crippen LogP contribution in [0.2, 0.25) is 0 Å². The molecular formula is C21H20N4O4. The Morgan fingerprint density at radius 3 is 2.52 bits per heavy atom. The lowest BCUT2D eigenvalue weighted by molar-refractivity contribution is -0.125. The molecule has 2 heterocycles. The van der Waals surface area contributed by atoms with Gasteiger partial charge >= 0.3 is 0 Å². The number of rotatable bonds is 5. The molecule has 3 aromatic rings. The van der Waals surface area contributed by atoms with Crippen molar-refractivity contribution < 1.29 is 19.1 Å². The van der Waals surface area contributed by atoms with Crippen molar-refractivity contribution in [2.75, 3.05) is 24.9 Å². The molecule has 0 fully saturated rings. The number of carbonyl (C=O) groups excluding carboxylic acids is 2. The number of hydrogen-bond acceptors (Lipinski definition) is 5. The Labute approximate surface area is 167 Å². The zero-order valence-electron chi connectivity index (χ0n) is 16.0. The summed E-state index contributed by atoms with van der Waals surface area (Å²) in [6.07, 6.45) is 1.61. The first-order valence-corrected chi connectivity index (χ1v) is 9.07. The van der Waals surface area contributed by atoms with Gasteiger partial charge in [-0.25, -0.2) is 4.68 Å². The number of hydrogen-bond donors (Lipinski definition) is 2. The third-order valence-corrected chi connectivity index (χ3v) is 4.79. The van der Waals surface area contributed by atoms with E-state index in [1.165, 1.54) is 11.8 Å². The van der Waals surface area contributed by atoms with Crippen LogP contribution in [0.25, 0.3) is 11.1 Å². The molecular weight excluding hydrogens is 372 g/mol. The van der Waals surface area contributed by atoms with Crippen LogP contribution in [0.15, 0.2) is 54.7 Å². The summed E-state index contributed by atoms with van der Waals surface area (Å²) in [5, 5.41) is 10.0. The van der Waals surface area contributed by atoms with Crippen molar-refractivity contribution in [2.24, 2.45) is 0 Å². The smallest absolute Gasteiger partial charge is 0.249 e. The molecule has 0 saturated carbocycles. The first-order chi connectivity index (χ1) is 14.1. The summed E-state index contributed by atoms with van der Waals surface area (Å²) < 4.78 is 12.2. The van der Waals surface area contributed by atoms with Gasteiger partial charge in [0.2, 0.25) is 11.8 Å². The van der Waals surface area contributed by atoms with Gasteiger partial charge in [0.05, 0.1) is 32.5 Å². The second-order valence-corrected chi connectivity index (χ2v) is 6.51. The highest BCUT2D eigenvalue weighted by Gasteiger charge is 2.34. The number of para-hydroxylation sites is 3. The summed E-state index contributed by atoms with van der Waals surface area (Å²) in [5.74, 6) is 1.05. The molecule has 0 unspecified atom stereocenters. The van der Waals surface area contributed by atoms with Crippen molar-refractivity contribution in [3.05, 3.63) is 54.7 Å². The van der Waals surface area contributed by atoms with Crippen LogP contribution in [0.3, 0.4) is 0 Å². The van der Waals surface area contributed by atoms with Crippen LogP contribution in [-0.2, 0) is 9.59 Å². The summed E-state index contributed by atoms with van der Waals surface area (Å²) in [5.41, 5.74) is 2.00. The van der Waals surface area contributed by atoms with Crippen LogP contribution in [-0.4, -0.2) is 35.8 Å². The number of benzene rings is 2. The van der Waals surface area contributed by atoms with Crippen molar-refractivity contribution in [3.8, 4) is 22.6 Å². The molecule has 0 saturated heterocycles. The first kappa shape index (κ1) is 18.5. The molecule has 148 valence electrons. The van der Waals surface area contributed by atoms with E-state index in [4.69, 9.17) is 9.47 Å². The van der Waals surface area contributed by atoms with E-state index in [0.29, 0.717) is 28.6 Å². The molecule has 2 amide bonds. The van der Waals surface area contributed by atoms with Gasteiger partial charge in [0.15, 0.2) is 0 Å². The fraction of sp³-hybridized carbons (Fsp3) is 0.190. The Hall–Kier alpha value is -3.81. The molecule has 1 aliphatic heterocycles. The van der Waals surface area contributed by atoms with Gasteiger partial charge in [-0.05, 0) is 18.2 Å². The van der Waals surface area contributed by atoms with Crippen LogP contribution in [0.4, 0.5) is 11.5 Å². The normalized spacial score (nSPS) is 15.2. The fourth-order valence-corrected chi connectivity index (χ4v) is 3.40. The number of methoxy groups -OCH3 is 2. The van der Waals surface area contributed by atoms with E-state index >= 15 is 0 Å². The van der Waals surface area contributed by atoms with Gasteiger partial charge in [-0.2, -0.15) is 5.10 Å². The summed E-state index contributed by atoms with van der Waals surface area (Å²) in [7, 11) is 3.11. The topological polar surface area (TPSA) is 94.5 Å². The van der Waals surface area contributed by atoms with Gasteiger partial charge in [-0.15, -0.1) is 0 Å². The fourth-order valence-electron chi connectivity index (χ4n) is 3.40. The predicted octanol–water partition coefficient (Wildman–Crippen LogP) is 3.09. The number of nitrogens with one attached hydrogen (secondary N) is 2. The van der Waals surface area contributed by atoms with E-state index in [9.17, 15) is 9.59 Å². The second-order valence-electron chi connectivity index (χ2n) is 6.51. The molecule has 0 spiro atoms. The van der Waals surface area contributed by atoms with Gasteiger partial charge in [0.1, 0.15) is 23.4 Å². The zero-order valence-corrected chi connectivity index (χ0v) is 16.0. The summed E-state index contributed by atoms with van der Waals surface area (Å²) in [6.45, 7) is 0. The number of nitrogens with zero attached hydrogens (tertiary/aromatic N) is 2. The Bertz CT molecular complexity index is 1080. The predicted molar refractivity (Wildman–Crippen MR) is 108 cm³/mol. The van der Waals surface area contributed by atoms with Crippen molar-refractivity contribution >= 4 is 23.3 Å². The van der Waals surface area contributed by atoms with E-state index in [1.807, 2.05) is 30.3 Å². The Morgan fingerprint density at radius 2 is 1.76 bits per heavy atom. The highest BCUT2D eigenvalue weighted by Crippen LogP contribution is 2.38. The molecule has 1 aliphatic rings. The van der Waals surface area contributed by atoms with Crippen LogP contribution >= 0.6 is 0 Å². The summed E-state index contributed by atoms with van der Waals surface area (Å²) in [4.78, 5) is 25.3. The molecule has 1 atom stereocenters. The van der Waals surface area contributed by atoms with Crippen LogP contribution in [0.5, 0.6) is 11.5 Å². The van der Waals surface area contributed by atoms with Gasteiger partial charge in [0.25, 0.3) is 0 Å². The maximum atomic E-state index is 13.0. The third kappa shape index (κ3) is 3.40. The van der Waals surface area contributed by atoms with E-state index in [1.54, 1.807) is 31.5 Å². The molecule has 2 N–H and O–H groups in total. The van der Waals surface area contributed by atoms with E-state index in [-0.39, 0.29) is 18.2 Å². The minimum Gasteiger partial charge on any atom is -0.496 e. The Kier molecular flexibility index (Phi) is 4.90. The first-order valence-electron chi connectivity index (χ1n) is 9.07. The highest BCUT2D eigenvalue weighted by molar-refractivity contribution is 6.03. The Morgan fingerprint density at radius 1 is 1.07 bits per heavy atom. The number of ether oxygens (including phenoxy) is 2. The molecule has 8 heteroatoms. The van der Waals surface area contributed by atoms with Crippen molar-refractivity contribution in [1.82, 2.24) is 9.78 Å². The molecule has 1 aromatic heterocycles. The molecule has 2 aromatic carbocycles. The molecule has 0 bridgehead atoms. The highest BCUT2D eigenvalue weighted by atomic mass is 16.5. The molecule has 4 rings (SSSR count). The molecule has 0 aliphatic carbocycles. The number of fused-ring (bicyclic) bond motifs is 1. The second kappa shape index (κ2) is 7.67. The van der Waals surface area contributed by atoms with Gasteiger partial charge in [-0.1, -0.05) is 30.3 Å². The van der Waals surface area contributed by atoms with Crippen molar-refractivity contribution in [2.45, 2.75) is 12.5 Å². The lowest BCUT2D eigenvalue weighted by Crippen LogP contribution is -2.35. The largest absolute Gasteiger partial charge is 0.496 e. The molecule has 8 nitrogen and oxygen atoms in total. The Balaban J connectivity index is 1.69. The van der Waals surface area contributed by atoms with Gasteiger partial charge < -0.3 is 20.1 Å². The number of amides is 2. The van der Waals surface area contributed by atoms with E-state index in [0.717, 1.165) is 5.56 Å². The number of carbonyl (C=O) groups is 2. The van der Waals surface area contributed by atoms with Crippen LogP contribution in [0.1, 0.15) is 12.5 Å². The minimum absolute atomic E-state index is 0.0129. The lowest BCUT2D eigenvalue weighted by atomic mass is 10.1. The standard InChI is InChI=1S/C21H20N4O4/c1-28-17-9-5-3-7-13(17)14-12-22-25-16(11-19(26)24-20(14)25)21(27)23-15-8-4-6-10-18(15)29-2/h3-10,12,16H,11H2,1-2H3,(H,23,27)(H,24,26)/t16-/m0/s1. The quantitative estimate of drug-likeness (QED) is 0.696. The van der Waals surface area contributed by atoms with Crippen LogP contribution in [0, 0.1) is 0 Å². The van der Waals surface area contributed by atoms with E-state index < -0.39 is 6.04 Å². The average molecular weight is 392 g/mol. The average Bonchev–Trinajstić information content (AvgIpc) is 3.16. The molecule has 0 radical (unpaired) electrons. The zero-order chi connectivity index (χ0) is 20.4. The van der Waals surface area contributed by atoms with Crippen molar-refractivity contribution in [3.63, 3.8) is 0 Å². The van der Waals surface area contributed by atoms with Gasteiger partial charge in [0, 0.05) is 11.1 Å². The molecule has 29 heavy (non-hydrogen) atoms. The SMILES string of the molecule is COc1ccccc1NC(=O)[C@@H]1CC(=O)Nc2c(-c3ccccc3OC)cnn21. The minimum atomic E-state index is -0.785. The number of anilines is 2. The maximum Gasteiger partial charge on any atom is 0.249 e. The van der Waals surface area contributed by atoms with Crippen molar-refractivity contribution in [1.29, 1.82) is 0 Å². The van der Waals surface area contributed by atoms with Crippen LogP contribution < -0.4 is 20.1 Å². The summed E-state index contributed by atoms with van der Waals surface area (Å²) in [6, 6.07) is 13.8. The van der Waals surface area contributed by atoms with Gasteiger partial charge in [-0.3, -0.25) is 9.59 Å². The summed E-state index contributed by atoms with van der Waals surface area (Å²) >= 11 is 0. The maximum absolute atomic E-state index is 13.0. The van der Waals surface area contributed by atoms with E-state index in [2.05, 4.69) is 15.7 Å².